The highest BCUT2D eigenvalue weighted by Crippen LogP contribution is 2.24. The van der Waals surface area contributed by atoms with E-state index in [1.165, 1.54) is 11.3 Å². The van der Waals surface area contributed by atoms with Crippen molar-refractivity contribution in [2.75, 3.05) is 38.3 Å². The van der Waals surface area contributed by atoms with Crippen molar-refractivity contribution in [2.24, 2.45) is 0 Å². The minimum absolute atomic E-state index is 0.508. The molecule has 1 aromatic heterocycles. The predicted octanol–water partition coefficient (Wildman–Crippen LogP) is 3.86. The molecular weight excluding hydrogens is 376 g/mol. The van der Waals surface area contributed by atoms with Gasteiger partial charge in [-0.05, 0) is 42.9 Å². The standard InChI is InChI=1S/C21H23ClN4O2/c1-25(14-17-4-2-3-5-19(17)26-10-12-27-13-11-26)15-20-23-24-21(28-20)16-6-8-18(22)9-7-16/h2-9H,10-15H2,1H3. The number of hydrogen-bond acceptors (Lipinski definition) is 6. The molecule has 1 saturated heterocycles. The lowest BCUT2D eigenvalue weighted by Gasteiger charge is -2.31. The Morgan fingerprint density at radius 2 is 1.75 bits per heavy atom. The maximum atomic E-state index is 5.94. The van der Waals surface area contributed by atoms with Crippen LogP contribution in [-0.2, 0) is 17.8 Å². The summed E-state index contributed by atoms with van der Waals surface area (Å²) in [5.41, 5.74) is 3.41. The lowest BCUT2D eigenvalue weighted by Crippen LogP contribution is -2.37. The summed E-state index contributed by atoms with van der Waals surface area (Å²) in [6, 6.07) is 15.9. The van der Waals surface area contributed by atoms with Crippen LogP contribution in [0.15, 0.2) is 52.9 Å². The number of aromatic nitrogens is 2. The molecule has 2 heterocycles. The lowest BCUT2D eigenvalue weighted by atomic mass is 10.1. The van der Waals surface area contributed by atoms with E-state index in [9.17, 15) is 0 Å². The Morgan fingerprint density at radius 1 is 1.00 bits per heavy atom. The zero-order valence-corrected chi connectivity index (χ0v) is 16.6. The van der Waals surface area contributed by atoms with Crippen molar-refractivity contribution in [3.05, 3.63) is 65.0 Å². The summed E-state index contributed by atoms with van der Waals surface area (Å²) in [5.74, 6) is 1.10. The third kappa shape index (κ3) is 4.52. The molecule has 4 rings (SSSR count). The summed E-state index contributed by atoms with van der Waals surface area (Å²) in [6.07, 6.45) is 0. The Balaban J connectivity index is 1.42. The number of ether oxygens (including phenoxy) is 1. The zero-order valence-electron chi connectivity index (χ0n) is 15.8. The number of anilines is 1. The minimum Gasteiger partial charge on any atom is -0.419 e. The molecule has 7 heteroatoms. The molecule has 3 aromatic rings. The van der Waals surface area contributed by atoms with Crippen molar-refractivity contribution in [3.8, 4) is 11.5 Å². The number of nitrogens with zero attached hydrogens (tertiary/aromatic N) is 4. The van der Waals surface area contributed by atoms with Crippen LogP contribution in [0.4, 0.5) is 5.69 Å². The van der Waals surface area contributed by atoms with Gasteiger partial charge >= 0.3 is 0 Å². The number of rotatable bonds is 6. The van der Waals surface area contributed by atoms with Gasteiger partial charge in [-0.3, -0.25) is 4.90 Å². The highest BCUT2D eigenvalue weighted by molar-refractivity contribution is 6.30. The van der Waals surface area contributed by atoms with Crippen LogP contribution in [0.1, 0.15) is 11.5 Å². The molecule has 0 unspecified atom stereocenters. The first-order valence-electron chi connectivity index (χ1n) is 9.36. The fraction of sp³-hybridized carbons (Fsp3) is 0.333. The number of hydrogen-bond donors (Lipinski definition) is 0. The number of halogens is 1. The van der Waals surface area contributed by atoms with Gasteiger partial charge in [-0.2, -0.15) is 0 Å². The predicted molar refractivity (Wildman–Crippen MR) is 109 cm³/mol. The molecule has 146 valence electrons. The second kappa shape index (κ2) is 8.73. The molecule has 28 heavy (non-hydrogen) atoms. The fourth-order valence-corrected chi connectivity index (χ4v) is 3.49. The molecule has 6 nitrogen and oxygen atoms in total. The van der Waals surface area contributed by atoms with Crippen LogP contribution in [0.2, 0.25) is 5.02 Å². The normalized spacial score (nSPS) is 14.6. The van der Waals surface area contributed by atoms with Crippen LogP contribution in [0.3, 0.4) is 0 Å². The first-order chi connectivity index (χ1) is 13.7. The number of morpholine rings is 1. The molecule has 2 aromatic carbocycles. The van der Waals surface area contributed by atoms with Gasteiger partial charge in [-0.1, -0.05) is 29.8 Å². The molecule has 0 spiro atoms. The summed E-state index contributed by atoms with van der Waals surface area (Å²) in [7, 11) is 2.06. The van der Waals surface area contributed by atoms with Crippen LogP contribution in [0.25, 0.3) is 11.5 Å². The molecule has 1 fully saturated rings. The van der Waals surface area contributed by atoms with E-state index in [4.69, 9.17) is 20.8 Å². The molecule has 1 aliphatic heterocycles. The van der Waals surface area contributed by atoms with Crippen LogP contribution >= 0.6 is 11.6 Å². The summed E-state index contributed by atoms with van der Waals surface area (Å²) in [6.45, 7) is 4.78. The first kappa shape index (κ1) is 18.9. The minimum atomic E-state index is 0.508. The van der Waals surface area contributed by atoms with E-state index < -0.39 is 0 Å². The first-order valence-corrected chi connectivity index (χ1v) is 9.74. The number of benzene rings is 2. The van der Waals surface area contributed by atoms with Gasteiger partial charge in [0.2, 0.25) is 11.8 Å². The maximum absolute atomic E-state index is 5.94. The second-order valence-corrected chi connectivity index (χ2v) is 7.34. The van der Waals surface area contributed by atoms with Gasteiger partial charge in [0.15, 0.2) is 0 Å². The van der Waals surface area contributed by atoms with E-state index >= 15 is 0 Å². The van der Waals surface area contributed by atoms with Crippen molar-refractivity contribution in [1.82, 2.24) is 15.1 Å². The van der Waals surface area contributed by atoms with Crippen molar-refractivity contribution in [2.45, 2.75) is 13.1 Å². The van der Waals surface area contributed by atoms with E-state index in [1.54, 1.807) is 0 Å². The van der Waals surface area contributed by atoms with Gasteiger partial charge in [-0.15, -0.1) is 10.2 Å². The topological polar surface area (TPSA) is 54.6 Å². The Hall–Kier alpha value is -2.41. The van der Waals surface area contributed by atoms with Gasteiger partial charge in [0, 0.05) is 35.9 Å². The average molecular weight is 399 g/mol. The third-order valence-electron chi connectivity index (χ3n) is 4.75. The molecule has 0 saturated carbocycles. The Labute approximate surface area is 169 Å². The van der Waals surface area contributed by atoms with Crippen molar-refractivity contribution >= 4 is 17.3 Å². The maximum Gasteiger partial charge on any atom is 0.247 e. The largest absolute Gasteiger partial charge is 0.419 e. The molecule has 0 amide bonds. The molecule has 1 aliphatic rings. The van der Waals surface area contributed by atoms with Gasteiger partial charge in [0.1, 0.15) is 0 Å². The van der Waals surface area contributed by atoms with E-state index in [-0.39, 0.29) is 0 Å². The number of para-hydroxylation sites is 1. The van der Waals surface area contributed by atoms with Gasteiger partial charge in [0.05, 0.1) is 19.8 Å². The highest BCUT2D eigenvalue weighted by Gasteiger charge is 2.16. The smallest absolute Gasteiger partial charge is 0.247 e. The van der Waals surface area contributed by atoms with Gasteiger partial charge in [-0.25, -0.2) is 0 Å². The van der Waals surface area contributed by atoms with Crippen LogP contribution in [-0.4, -0.2) is 48.4 Å². The quantitative estimate of drug-likeness (QED) is 0.628. The van der Waals surface area contributed by atoms with E-state index in [0.29, 0.717) is 23.3 Å². The Bertz CT molecular complexity index is 907. The van der Waals surface area contributed by atoms with Crippen LogP contribution in [0.5, 0.6) is 0 Å². The Morgan fingerprint density at radius 3 is 2.54 bits per heavy atom. The zero-order chi connectivity index (χ0) is 19.3. The lowest BCUT2D eigenvalue weighted by molar-refractivity contribution is 0.122. The fourth-order valence-electron chi connectivity index (χ4n) is 3.36. The molecule has 0 atom stereocenters. The van der Waals surface area contributed by atoms with E-state index in [0.717, 1.165) is 38.4 Å². The van der Waals surface area contributed by atoms with Crippen molar-refractivity contribution in [3.63, 3.8) is 0 Å². The molecule has 0 N–H and O–H groups in total. The van der Waals surface area contributed by atoms with Crippen molar-refractivity contribution < 1.29 is 9.15 Å². The SMILES string of the molecule is CN(Cc1nnc(-c2ccc(Cl)cc2)o1)Cc1ccccc1N1CCOCC1. The summed E-state index contributed by atoms with van der Waals surface area (Å²) < 4.78 is 11.3. The van der Waals surface area contributed by atoms with Crippen LogP contribution in [0, 0.1) is 0 Å². The van der Waals surface area contributed by atoms with E-state index in [1.807, 2.05) is 24.3 Å². The highest BCUT2D eigenvalue weighted by atomic mass is 35.5. The summed E-state index contributed by atoms with van der Waals surface area (Å²) in [4.78, 5) is 4.57. The summed E-state index contributed by atoms with van der Waals surface area (Å²) >= 11 is 5.94. The second-order valence-electron chi connectivity index (χ2n) is 6.91. The van der Waals surface area contributed by atoms with Gasteiger partial charge < -0.3 is 14.1 Å². The third-order valence-corrected chi connectivity index (χ3v) is 5.00. The molecule has 0 radical (unpaired) electrons. The summed E-state index contributed by atoms with van der Waals surface area (Å²) in [5, 5.41) is 9.03. The average Bonchev–Trinajstić information content (AvgIpc) is 3.18. The molecule has 0 bridgehead atoms. The molecule has 0 aliphatic carbocycles. The molecular formula is C21H23ClN4O2. The monoisotopic (exact) mass is 398 g/mol. The Kier molecular flexibility index (Phi) is 5.90. The van der Waals surface area contributed by atoms with Crippen LogP contribution < -0.4 is 4.90 Å². The van der Waals surface area contributed by atoms with E-state index in [2.05, 4.69) is 51.3 Å². The van der Waals surface area contributed by atoms with Crippen molar-refractivity contribution in [1.29, 1.82) is 0 Å². The van der Waals surface area contributed by atoms with Gasteiger partial charge in [0.25, 0.3) is 0 Å².